The molecule has 4 heteroatoms. The Hall–Kier alpha value is -2.10. The highest BCUT2D eigenvalue weighted by atomic mass is 16.5. The van der Waals surface area contributed by atoms with E-state index in [1.54, 1.807) is 13.0 Å². The van der Waals surface area contributed by atoms with Gasteiger partial charge in [-0.2, -0.15) is 0 Å². The molecule has 1 rings (SSSR count). The van der Waals surface area contributed by atoms with Gasteiger partial charge in [0.15, 0.2) is 0 Å². The monoisotopic (exact) mass is 276 g/mol. The molecule has 0 aliphatic heterocycles. The molecule has 2 unspecified atom stereocenters. The normalized spacial score (nSPS) is 13.9. The number of carboxylic acid groups (broad SMARTS) is 1. The van der Waals surface area contributed by atoms with Gasteiger partial charge in [-0.3, -0.25) is 4.79 Å². The average molecular weight is 276 g/mol. The number of esters is 1. The molecule has 2 atom stereocenters. The first-order valence-electron chi connectivity index (χ1n) is 6.75. The molecule has 0 aliphatic carbocycles. The van der Waals surface area contributed by atoms with Crippen LogP contribution < -0.4 is 0 Å². The van der Waals surface area contributed by atoms with Crippen LogP contribution in [0.15, 0.2) is 36.4 Å². The molecule has 0 spiro atoms. The molecule has 20 heavy (non-hydrogen) atoms. The van der Waals surface area contributed by atoms with Gasteiger partial charge in [-0.25, -0.2) is 4.79 Å². The first-order valence-corrected chi connectivity index (χ1v) is 6.75. The van der Waals surface area contributed by atoms with Crippen molar-refractivity contribution >= 4 is 18.0 Å². The van der Waals surface area contributed by atoms with Crippen molar-refractivity contribution in [3.8, 4) is 0 Å². The van der Waals surface area contributed by atoms with E-state index in [0.29, 0.717) is 12.8 Å². The van der Waals surface area contributed by atoms with Crippen molar-refractivity contribution in [2.24, 2.45) is 5.92 Å². The SMILES string of the molecule is CCC(OC(=O)/C=C/c1ccccc1)C(CC)C(=O)O. The van der Waals surface area contributed by atoms with Crippen LogP contribution in [0.5, 0.6) is 0 Å². The van der Waals surface area contributed by atoms with E-state index in [-0.39, 0.29) is 0 Å². The summed E-state index contributed by atoms with van der Waals surface area (Å²) in [5.74, 6) is -2.10. The Morgan fingerprint density at radius 3 is 2.35 bits per heavy atom. The summed E-state index contributed by atoms with van der Waals surface area (Å²) >= 11 is 0. The number of ether oxygens (including phenoxy) is 1. The highest BCUT2D eigenvalue weighted by molar-refractivity contribution is 5.87. The van der Waals surface area contributed by atoms with Gasteiger partial charge in [0.05, 0.1) is 5.92 Å². The van der Waals surface area contributed by atoms with E-state index in [2.05, 4.69) is 0 Å². The van der Waals surface area contributed by atoms with Gasteiger partial charge in [-0.05, 0) is 24.5 Å². The maximum atomic E-state index is 11.7. The van der Waals surface area contributed by atoms with Crippen molar-refractivity contribution in [2.45, 2.75) is 32.8 Å². The maximum absolute atomic E-state index is 11.7. The number of carboxylic acids is 1. The Morgan fingerprint density at radius 2 is 1.85 bits per heavy atom. The Labute approximate surface area is 119 Å². The maximum Gasteiger partial charge on any atom is 0.331 e. The molecule has 1 aromatic carbocycles. The summed E-state index contributed by atoms with van der Waals surface area (Å²) in [7, 11) is 0. The van der Waals surface area contributed by atoms with Gasteiger partial charge in [0.25, 0.3) is 0 Å². The molecule has 0 amide bonds. The standard InChI is InChI=1S/C16H20O4/c1-3-13(16(18)19)14(4-2)20-15(17)11-10-12-8-6-5-7-9-12/h5-11,13-14H,3-4H2,1-2H3,(H,18,19)/b11-10+. The highest BCUT2D eigenvalue weighted by Gasteiger charge is 2.27. The molecule has 0 saturated heterocycles. The fourth-order valence-corrected chi connectivity index (χ4v) is 1.96. The van der Waals surface area contributed by atoms with E-state index < -0.39 is 24.0 Å². The smallest absolute Gasteiger partial charge is 0.331 e. The minimum Gasteiger partial charge on any atom is -0.481 e. The highest BCUT2D eigenvalue weighted by Crippen LogP contribution is 2.16. The molecule has 1 N–H and O–H groups in total. The van der Waals surface area contributed by atoms with Crippen LogP contribution in [0.1, 0.15) is 32.3 Å². The number of hydrogen-bond donors (Lipinski definition) is 1. The summed E-state index contributed by atoms with van der Waals surface area (Å²) in [5.41, 5.74) is 0.891. The first-order chi connectivity index (χ1) is 9.58. The van der Waals surface area contributed by atoms with Crippen LogP contribution in [0, 0.1) is 5.92 Å². The summed E-state index contributed by atoms with van der Waals surface area (Å²) < 4.78 is 5.23. The van der Waals surface area contributed by atoms with E-state index >= 15 is 0 Å². The number of hydrogen-bond acceptors (Lipinski definition) is 3. The topological polar surface area (TPSA) is 63.6 Å². The molecule has 0 bridgehead atoms. The lowest BCUT2D eigenvalue weighted by Gasteiger charge is -2.21. The lowest BCUT2D eigenvalue weighted by atomic mass is 9.97. The van der Waals surface area contributed by atoms with Crippen LogP contribution in [0.4, 0.5) is 0 Å². The zero-order valence-electron chi connectivity index (χ0n) is 11.8. The van der Waals surface area contributed by atoms with Crippen LogP contribution in [0.2, 0.25) is 0 Å². The third-order valence-corrected chi connectivity index (χ3v) is 3.09. The van der Waals surface area contributed by atoms with Crippen LogP contribution in [-0.2, 0) is 14.3 Å². The third kappa shape index (κ3) is 4.88. The van der Waals surface area contributed by atoms with Crippen molar-refractivity contribution in [3.63, 3.8) is 0 Å². The second-order valence-corrected chi connectivity index (χ2v) is 4.48. The fourth-order valence-electron chi connectivity index (χ4n) is 1.96. The molecule has 4 nitrogen and oxygen atoms in total. The minimum atomic E-state index is -0.931. The third-order valence-electron chi connectivity index (χ3n) is 3.09. The molecule has 1 aromatic rings. The number of benzene rings is 1. The Morgan fingerprint density at radius 1 is 1.20 bits per heavy atom. The van der Waals surface area contributed by atoms with Crippen molar-refractivity contribution in [2.75, 3.05) is 0 Å². The summed E-state index contributed by atoms with van der Waals surface area (Å²) in [4.78, 5) is 22.8. The lowest BCUT2D eigenvalue weighted by molar-refractivity contribution is -0.155. The quantitative estimate of drug-likeness (QED) is 0.614. The predicted octanol–water partition coefficient (Wildman–Crippen LogP) is 3.13. The lowest BCUT2D eigenvalue weighted by Crippen LogP contribution is -2.31. The zero-order chi connectivity index (χ0) is 15.0. The largest absolute Gasteiger partial charge is 0.481 e. The van der Waals surface area contributed by atoms with Gasteiger partial charge in [0.1, 0.15) is 6.10 Å². The van der Waals surface area contributed by atoms with Crippen molar-refractivity contribution in [1.29, 1.82) is 0 Å². The van der Waals surface area contributed by atoms with Gasteiger partial charge < -0.3 is 9.84 Å². The van der Waals surface area contributed by atoms with Gasteiger partial charge in [0.2, 0.25) is 0 Å². The summed E-state index contributed by atoms with van der Waals surface area (Å²) in [5, 5.41) is 9.09. The number of carbonyl (C=O) groups excluding carboxylic acids is 1. The minimum absolute atomic E-state index is 0.434. The Bertz CT molecular complexity index is 465. The molecule has 0 fully saturated rings. The van der Waals surface area contributed by atoms with Crippen molar-refractivity contribution in [3.05, 3.63) is 42.0 Å². The van der Waals surface area contributed by atoms with E-state index in [4.69, 9.17) is 9.84 Å². The fraction of sp³-hybridized carbons (Fsp3) is 0.375. The summed E-state index contributed by atoms with van der Waals surface area (Å²) in [6.07, 6.45) is 3.30. The molecular weight excluding hydrogens is 256 g/mol. The molecule has 108 valence electrons. The van der Waals surface area contributed by atoms with Gasteiger partial charge in [-0.15, -0.1) is 0 Å². The van der Waals surface area contributed by atoms with Crippen LogP contribution in [-0.4, -0.2) is 23.1 Å². The van der Waals surface area contributed by atoms with Gasteiger partial charge >= 0.3 is 11.9 Å². The summed E-state index contributed by atoms with van der Waals surface area (Å²) in [6.45, 7) is 3.58. The second-order valence-electron chi connectivity index (χ2n) is 4.48. The number of aliphatic carboxylic acids is 1. The van der Waals surface area contributed by atoms with Crippen LogP contribution in [0.25, 0.3) is 6.08 Å². The molecule has 0 aliphatic rings. The number of rotatable bonds is 7. The molecule has 0 radical (unpaired) electrons. The molecule has 0 saturated carbocycles. The van der Waals surface area contributed by atoms with Crippen molar-refractivity contribution in [1.82, 2.24) is 0 Å². The van der Waals surface area contributed by atoms with Gasteiger partial charge in [-0.1, -0.05) is 44.2 Å². The van der Waals surface area contributed by atoms with Crippen molar-refractivity contribution < 1.29 is 19.4 Å². The summed E-state index contributed by atoms with van der Waals surface area (Å²) in [6, 6.07) is 9.37. The van der Waals surface area contributed by atoms with E-state index in [0.717, 1.165) is 5.56 Å². The first kappa shape index (κ1) is 16.0. The second kappa shape index (κ2) is 8.15. The Balaban J connectivity index is 2.64. The van der Waals surface area contributed by atoms with Crippen LogP contribution >= 0.6 is 0 Å². The molecular formula is C16H20O4. The zero-order valence-corrected chi connectivity index (χ0v) is 11.8. The van der Waals surface area contributed by atoms with E-state index in [9.17, 15) is 9.59 Å². The average Bonchev–Trinajstić information content (AvgIpc) is 2.45. The van der Waals surface area contributed by atoms with Crippen LogP contribution in [0.3, 0.4) is 0 Å². The van der Waals surface area contributed by atoms with Gasteiger partial charge in [0, 0.05) is 6.08 Å². The van der Waals surface area contributed by atoms with E-state index in [1.165, 1.54) is 6.08 Å². The molecule has 0 heterocycles. The number of carbonyl (C=O) groups is 2. The predicted molar refractivity (Wildman–Crippen MR) is 77.1 cm³/mol. The molecule has 0 aromatic heterocycles. The Kier molecular flexibility index (Phi) is 6.50. The van der Waals surface area contributed by atoms with E-state index in [1.807, 2.05) is 37.3 Å².